The molecule has 1 heterocycles. The quantitative estimate of drug-likeness (QED) is 0.0548. The number of aliphatic carboxylic acids is 1. The molecule has 15 nitrogen and oxygen atoms in total. The maximum absolute atomic E-state index is 14.3. The summed E-state index contributed by atoms with van der Waals surface area (Å²) in [6, 6.07) is 5.50. The second-order valence-electron chi connectivity index (χ2n) is 13.2. The van der Waals surface area contributed by atoms with Gasteiger partial charge in [-0.15, -0.1) is 0 Å². The number of carbonyl (C=O) groups excluding carboxylic acids is 4. The van der Waals surface area contributed by atoms with Crippen molar-refractivity contribution in [2.75, 3.05) is 37.9 Å². The molecule has 1 atom stereocenters. The summed E-state index contributed by atoms with van der Waals surface area (Å²) in [5.41, 5.74) is -1.86. The van der Waals surface area contributed by atoms with Crippen LogP contribution in [0.1, 0.15) is 59.5 Å². The predicted molar refractivity (Wildman–Crippen MR) is 219 cm³/mol. The first-order valence-electron chi connectivity index (χ1n) is 16.8. The monoisotopic (exact) mass is 1020 g/mol. The van der Waals surface area contributed by atoms with Gasteiger partial charge < -0.3 is 24.2 Å². The van der Waals surface area contributed by atoms with Gasteiger partial charge in [-0.25, -0.2) is 17.6 Å². The highest BCUT2D eigenvalue weighted by Crippen LogP contribution is 2.41. The van der Waals surface area contributed by atoms with Crippen LogP contribution in [0.25, 0.3) is 11.3 Å². The number of ether oxygens (including phenoxy) is 1. The Hall–Kier alpha value is -3.21. The van der Waals surface area contributed by atoms with E-state index >= 15 is 0 Å². The fourth-order valence-corrected chi connectivity index (χ4v) is 7.11. The Kier molecular flexibility index (Phi) is 21.3. The Bertz CT molecular complexity index is 2220. The van der Waals surface area contributed by atoms with Crippen LogP contribution in [0.15, 0.2) is 39.7 Å². The summed E-state index contributed by atoms with van der Waals surface area (Å²) in [6.07, 6.45) is 2.61. The minimum atomic E-state index is -4.69. The molecule has 3 aromatic rings. The third kappa shape index (κ3) is 17.6. The molecule has 0 saturated heterocycles. The number of alkyl halides is 3. The topological polar surface area (TPSA) is 239 Å². The lowest BCUT2D eigenvalue weighted by Gasteiger charge is -2.18. The lowest BCUT2D eigenvalue weighted by molar-refractivity contribution is -0.193. The van der Waals surface area contributed by atoms with Crippen LogP contribution < -0.4 is 10.2 Å². The van der Waals surface area contributed by atoms with Gasteiger partial charge in [0.2, 0.25) is 0 Å². The largest absolute Gasteiger partial charge is 0.778 e. The summed E-state index contributed by atoms with van der Waals surface area (Å²) < 4.78 is 91.4. The van der Waals surface area contributed by atoms with Crippen LogP contribution in [0, 0.1) is 11.7 Å². The first kappa shape index (κ1) is 54.8. The average Bonchev–Trinajstić information content (AvgIpc) is 3.36. The number of rotatable bonds is 10. The second-order valence-corrected chi connectivity index (χ2v) is 20.9. The molecule has 1 aliphatic carbocycles. The van der Waals surface area contributed by atoms with Crippen molar-refractivity contribution in [2.45, 2.75) is 50.3 Å². The van der Waals surface area contributed by atoms with Gasteiger partial charge >= 0.3 is 18.1 Å². The fourth-order valence-electron chi connectivity index (χ4n) is 4.73. The van der Waals surface area contributed by atoms with E-state index < -0.39 is 93.7 Å². The van der Waals surface area contributed by atoms with E-state index in [0.717, 1.165) is 31.5 Å². The highest BCUT2D eigenvalue weighted by Gasteiger charge is 2.40. The maximum atomic E-state index is 14.3. The van der Waals surface area contributed by atoms with Crippen molar-refractivity contribution in [1.29, 1.82) is 0 Å². The second kappa shape index (κ2) is 23.3. The van der Waals surface area contributed by atoms with Crippen LogP contribution in [0.2, 0.25) is 10.0 Å². The van der Waals surface area contributed by atoms with Crippen molar-refractivity contribution in [1.82, 2.24) is 15.1 Å². The molecule has 0 amide bonds. The molecule has 1 fully saturated rings. The number of carboxylic acids is 1. The van der Waals surface area contributed by atoms with E-state index in [9.17, 15) is 59.4 Å². The van der Waals surface area contributed by atoms with Crippen molar-refractivity contribution in [3.05, 3.63) is 67.5 Å². The summed E-state index contributed by atoms with van der Waals surface area (Å²) in [5, 5.41) is 13.4. The van der Waals surface area contributed by atoms with Gasteiger partial charge in [-0.2, -0.15) is 18.3 Å². The molecule has 2 aromatic carbocycles. The molecule has 3 N–H and O–H groups in total. The molecule has 0 spiro atoms. The number of aryl methyl sites for hydroxylation is 1. The van der Waals surface area contributed by atoms with Gasteiger partial charge in [0.05, 0.1) is 62.7 Å². The summed E-state index contributed by atoms with van der Waals surface area (Å²) in [4.78, 5) is 75.7. The number of halogens is 7. The Morgan fingerprint density at radius 3 is 2.02 bits per heavy atom. The van der Waals surface area contributed by atoms with Gasteiger partial charge in [-0.05, 0) is 77.4 Å². The van der Waals surface area contributed by atoms with Gasteiger partial charge in [0.25, 0.3) is 0 Å². The molecular weight excluding hydrogens is 976 g/mol. The zero-order chi connectivity index (χ0) is 46.7. The molecule has 1 saturated carbocycles. The molecule has 1 aromatic heterocycles. The van der Waals surface area contributed by atoms with Crippen LogP contribution in [0.3, 0.4) is 0 Å². The van der Waals surface area contributed by atoms with Crippen LogP contribution >= 0.6 is 46.7 Å². The van der Waals surface area contributed by atoms with E-state index in [-0.39, 0.29) is 50.2 Å². The van der Waals surface area contributed by atoms with Crippen molar-refractivity contribution < 1.29 is 74.1 Å². The first-order valence-corrected chi connectivity index (χ1v) is 24.5. The van der Waals surface area contributed by atoms with E-state index in [4.69, 9.17) is 37.9 Å². The first-order chi connectivity index (χ1) is 27.3. The SMILES string of the molecule is CC(C)OC(=O)c1cc(-c2nn(C)c(C(F)(F)F)c2Br)c(F)cc1Cl.CS(=O)(=O)c1ccc(C(=O)C2C(=O)CCCC2=O)c(Cl)c1.C[S+](C)C.O=C(O)CNCP(=O)([O-])O. The molecular formula is C35H41BrCl2F4N3O12PS2. The van der Waals surface area contributed by atoms with Crippen LogP contribution in [0.4, 0.5) is 17.6 Å². The van der Waals surface area contributed by atoms with Gasteiger partial charge in [0.15, 0.2) is 32.9 Å². The van der Waals surface area contributed by atoms with E-state index in [2.05, 4.69) is 39.8 Å². The molecule has 25 heteroatoms. The third-order valence-corrected chi connectivity index (χ3v) is 10.2. The normalized spacial score (nSPS) is 14.2. The number of carboxylic acid groups (broad SMARTS) is 1. The smallest absolute Gasteiger partial charge is 0.434 e. The van der Waals surface area contributed by atoms with Crippen LogP contribution in [-0.4, -0.2) is 101 Å². The van der Waals surface area contributed by atoms with E-state index in [0.29, 0.717) is 22.0 Å². The molecule has 0 radical (unpaired) electrons. The molecule has 334 valence electrons. The van der Waals surface area contributed by atoms with E-state index in [1.54, 1.807) is 13.8 Å². The number of hydrogen-bond acceptors (Lipinski definition) is 12. The van der Waals surface area contributed by atoms with Crippen LogP contribution in [0.5, 0.6) is 0 Å². The number of ketones is 3. The van der Waals surface area contributed by atoms with E-state index in [1.165, 1.54) is 12.1 Å². The number of nitrogens with one attached hydrogen (secondary N) is 1. The summed E-state index contributed by atoms with van der Waals surface area (Å²) in [6.45, 7) is 2.75. The Balaban J connectivity index is 0.000000462. The lowest BCUT2D eigenvalue weighted by atomic mass is 9.82. The average molecular weight is 1020 g/mol. The van der Waals surface area contributed by atoms with Gasteiger partial charge in [-0.1, -0.05) is 23.2 Å². The Morgan fingerprint density at radius 1 is 1.08 bits per heavy atom. The molecule has 1 aliphatic rings. The molecule has 0 bridgehead atoms. The maximum Gasteiger partial charge on any atom is 0.434 e. The van der Waals surface area contributed by atoms with Crippen molar-refractivity contribution >= 4 is 96.7 Å². The zero-order valence-electron chi connectivity index (χ0n) is 32.9. The van der Waals surface area contributed by atoms with E-state index in [1.807, 2.05) is 5.32 Å². The standard InChI is InChI=1S/C15H12BrClF4N2O2.C14H13ClO5S.C3H8NO5P.C3H9S/c1-6(2)25-14(24)7-4-8(10(18)5-9(7)17)12-11(16)13(15(19,20)21)23(3)22-12;1-21(19,20)8-5-6-9(10(15)7-8)14(18)13-11(16)3-2-4-12(13)17;5-3(6)1-4-2-10(7,8)9;1-4(2)3/h4-6H,1-3H3;5-7,13H,2-4H2,1H3;4H,1-2H2,(H,5,6)(H2,7,8,9);1-3H3/q;;;+1/p-1. The van der Waals surface area contributed by atoms with Crippen molar-refractivity contribution in [3.63, 3.8) is 0 Å². The summed E-state index contributed by atoms with van der Waals surface area (Å²) in [5.74, 6) is -5.68. The number of sulfone groups is 1. The Labute approximate surface area is 364 Å². The molecule has 60 heavy (non-hydrogen) atoms. The number of aromatic nitrogens is 2. The fraction of sp³-hybridized carbons (Fsp3) is 0.429. The lowest BCUT2D eigenvalue weighted by Crippen LogP contribution is -2.35. The number of nitrogens with zero attached hydrogens (tertiary/aromatic N) is 2. The zero-order valence-corrected chi connectivity index (χ0v) is 38.5. The van der Waals surface area contributed by atoms with Crippen LogP contribution in [-0.2, 0) is 57.6 Å². The molecule has 4 rings (SSSR count). The minimum Gasteiger partial charge on any atom is -0.778 e. The van der Waals surface area contributed by atoms with Gasteiger partial charge in [0, 0.05) is 37.3 Å². The number of esters is 1. The van der Waals surface area contributed by atoms with Crippen molar-refractivity contribution in [2.24, 2.45) is 13.0 Å². The van der Waals surface area contributed by atoms with Crippen molar-refractivity contribution in [3.8, 4) is 11.3 Å². The predicted octanol–water partition coefficient (Wildman–Crippen LogP) is 5.75. The molecule has 1 unspecified atom stereocenters. The summed E-state index contributed by atoms with van der Waals surface area (Å²) in [7, 11) is -6.07. The molecule has 0 aliphatic heterocycles. The highest BCUT2D eigenvalue weighted by atomic mass is 79.9. The number of Topliss-reactive ketones (excluding diaryl/α,β-unsaturated/α-hetero) is 3. The number of benzene rings is 2. The van der Waals surface area contributed by atoms with Gasteiger partial charge in [0.1, 0.15) is 25.0 Å². The Morgan fingerprint density at radius 2 is 1.60 bits per heavy atom. The minimum absolute atomic E-state index is 0.00216. The highest BCUT2D eigenvalue weighted by molar-refractivity contribution is 9.10. The number of carbonyl (C=O) groups is 5. The van der Waals surface area contributed by atoms with Gasteiger partial charge in [-0.3, -0.25) is 29.2 Å². The summed E-state index contributed by atoms with van der Waals surface area (Å²) >= 11 is 14.6. The third-order valence-electron chi connectivity index (χ3n) is 7.11. The number of hydrogen-bond donors (Lipinski definition) is 3.